The van der Waals surface area contributed by atoms with E-state index in [1.165, 1.54) is 7.11 Å². The summed E-state index contributed by atoms with van der Waals surface area (Å²) in [5.74, 6) is 0.469. The lowest BCUT2D eigenvalue weighted by atomic mass is 10.1. The summed E-state index contributed by atoms with van der Waals surface area (Å²) in [4.78, 5) is 22.5. The average Bonchev–Trinajstić information content (AvgIpc) is 3.45. The predicted molar refractivity (Wildman–Crippen MR) is 117 cm³/mol. The molecule has 158 valence electrons. The summed E-state index contributed by atoms with van der Waals surface area (Å²) in [5, 5.41) is 1.82. The van der Waals surface area contributed by atoms with Crippen LogP contribution in [0, 0.1) is 0 Å². The van der Waals surface area contributed by atoms with E-state index < -0.39 is 0 Å². The first kappa shape index (κ1) is 20.9. The number of aromatic nitrogens is 3. The lowest BCUT2D eigenvalue weighted by Gasteiger charge is -2.27. The van der Waals surface area contributed by atoms with Crippen molar-refractivity contribution in [3.63, 3.8) is 0 Å². The van der Waals surface area contributed by atoms with Gasteiger partial charge in [-0.15, -0.1) is 0 Å². The SMILES string of the molecule is COC(=O)COCC[C@@H]1CCCN1c1cc(-n2ccnc2)c2ccc(Cl)c(Cl)c2n1. The molecule has 0 unspecified atom stereocenters. The van der Waals surface area contributed by atoms with E-state index >= 15 is 0 Å². The van der Waals surface area contributed by atoms with Crippen LogP contribution in [0.15, 0.2) is 36.9 Å². The van der Waals surface area contributed by atoms with Crippen LogP contribution in [0.1, 0.15) is 19.3 Å². The van der Waals surface area contributed by atoms with Gasteiger partial charge >= 0.3 is 5.97 Å². The van der Waals surface area contributed by atoms with E-state index in [0.717, 1.165) is 42.7 Å². The Kier molecular flexibility index (Phi) is 6.41. The first-order valence-electron chi connectivity index (χ1n) is 9.76. The van der Waals surface area contributed by atoms with E-state index in [9.17, 15) is 4.79 Å². The molecule has 0 aliphatic carbocycles. The molecule has 1 saturated heterocycles. The van der Waals surface area contributed by atoms with Crippen molar-refractivity contribution in [2.75, 3.05) is 31.8 Å². The molecular formula is C21H22Cl2N4O3. The molecule has 1 aliphatic heterocycles. The second-order valence-corrected chi connectivity index (χ2v) is 7.92. The Hall–Kier alpha value is -2.35. The van der Waals surface area contributed by atoms with E-state index in [1.807, 2.05) is 16.8 Å². The summed E-state index contributed by atoms with van der Waals surface area (Å²) in [7, 11) is 1.35. The number of halogens is 2. The maximum absolute atomic E-state index is 11.2. The van der Waals surface area contributed by atoms with Gasteiger partial charge in [-0.3, -0.25) is 0 Å². The van der Waals surface area contributed by atoms with Crippen molar-refractivity contribution in [1.82, 2.24) is 14.5 Å². The third-order valence-electron chi connectivity index (χ3n) is 5.33. The number of methoxy groups -OCH3 is 1. The molecule has 3 heterocycles. The topological polar surface area (TPSA) is 69.5 Å². The molecule has 0 radical (unpaired) electrons. The number of fused-ring (bicyclic) bond motifs is 1. The van der Waals surface area contributed by atoms with Crippen LogP contribution in [0.4, 0.5) is 5.82 Å². The number of esters is 1. The first-order valence-corrected chi connectivity index (χ1v) is 10.5. The highest BCUT2D eigenvalue weighted by atomic mass is 35.5. The second-order valence-electron chi connectivity index (χ2n) is 7.13. The van der Waals surface area contributed by atoms with Gasteiger partial charge in [0.05, 0.1) is 34.7 Å². The van der Waals surface area contributed by atoms with Crippen molar-refractivity contribution in [3.05, 3.63) is 47.0 Å². The number of ether oxygens (including phenoxy) is 2. The number of hydrogen-bond donors (Lipinski definition) is 0. The molecule has 0 saturated carbocycles. The molecule has 7 nitrogen and oxygen atoms in total. The molecule has 0 spiro atoms. The van der Waals surface area contributed by atoms with E-state index in [4.69, 9.17) is 32.9 Å². The van der Waals surface area contributed by atoms with Crippen LogP contribution >= 0.6 is 23.2 Å². The number of pyridine rings is 1. The van der Waals surface area contributed by atoms with Crippen LogP contribution in [-0.2, 0) is 14.3 Å². The van der Waals surface area contributed by atoms with Crippen molar-refractivity contribution >= 4 is 45.9 Å². The van der Waals surface area contributed by atoms with Crippen molar-refractivity contribution in [2.24, 2.45) is 0 Å². The minimum absolute atomic E-state index is 0.0314. The Labute approximate surface area is 184 Å². The fraction of sp³-hybridized carbons (Fsp3) is 0.381. The fourth-order valence-electron chi connectivity index (χ4n) is 3.84. The summed E-state index contributed by atoms with van der Waals surface area (Å²) >= 11 is 12.8. The van der Waals surface area contributed by atoms with Gasteiger partial charge in [-0.25, -0.2) is 14.8 Å². The van der Waals surface area contributed by atoms with Gasteiger partial charge in [0.25, 0.3) is 0 Å². The van der Waals surface area contributed by atoms with Crippen LogP contribution in [0.3, 0.4) is 0 Å². The molecule has 4 rings (SSSR count). The molecule has 1 aliphatic rings. The molecule has 9 heteroatoms. The minimum Gasteiger partial charge on any atom is -0.467 e. The van der Waals surface area contributed by atoms with Crippen molar-refractivity contribution < 1.29 is 14.3 Å². The van der Waals surface area contributed by atoms with E-state index in [1.54, 1.807) is 18.6 Å². The van der Waals surface area contributed by atoms with E-state index in [2.05, 4.69) is 20.7 Å². The zero-order valence-electron chi connectivity index (χ0n) is 16.6. The van der Waals surface area contributed by atoms with Gasteiger partial charge in [-0.05, 0) is 31.4 Å². The second kappa shape index (κ2) is 9.20. The normalized spacial score (nSPS) is 16.4. The Morgan fingerprint density at radius 1 is 1.33 bits per heavy atom. The third kappa shape index (κ3) is 4.24. The fourth-order valence-corrected chi connectivity index (χ4v) is 4.20. The first-order chi connectivity index (χ1) is 14.6. The summed E-state index contributed by atoms with van der Waals surface area (Å²) < 4.78 is 12.0. The van der Waals surface area contributed by atoms with Gasteiger partial charge in [0.2, 0.25) is 0 Å². The smallest absolute Gasteiger partial charge is 0.331 e. The zero-order chi connectivity index (χ0) is 21.1. The number of carbonyl (C=O) groups is 1. The highest BCUT2D eigenvalue weighted by molar-refractivity contribution is 6.45. The standard InChI is InChI=1S/C21H22Cl2N4O3/c1-29-19(28)12-30-10-6-14-3-2-8-27(14)18-11-17(26-9-7-24-13-26)15-4-5-16(22)20(23)21(15)25-18/h4-5,7,9,11,13-14H,2-3,6,8,10,12H2,1H3/t14-/m0/s1. The van der Waals surface area contributed by atoms with Crippen LogP contribution in [0.2, 0.25) is 10.0 Å². The molecular weight excluding hydrogens is 427 g/mol. The minimum atomic E-state index is -0.369. The number of nitrogens with zero attached hydrogens (tertiary/aromatic N) is 4. The van der Waals surface area contributed by atoms with E-state index in [-0.39, 0.29) is 18.6 Å². The van der Waals surface area contributed by atoms with Crippen LogP contribution < -0.4 is 4.90 Å². The average molecular weight is 449 g/mol. The van der Waals surface area contributed by atoms with Gasteiger partial charge in [0, 0.05) is 43.0 Å². The lowest BCUT2D eigenvalue weighted by Crippen LogP contribution is -2.31. The summed E-state index contributed by atoms with van der Waals surface area (Å²) in [5.41, 5.74) is 1.61. The van der Waals surface area contributed by atoms with Crippen molar-refractivity contribution in [2.45, 2.75) is 25.3 Å². The Bertz CT molecular complexity index is 1040. The third-order valence-corrected chi connectivity index (χ3v) is 6.13. The summed E-state index contributed by atoms with van der Waals surface area (Å²) in [6, 6.07) is 6.03. The zero-order valence-corrected chi connectivity index (χ0v) is 18.1. The maximum Gasteiger partial charge on any atom is 0.331 e. The highest BCUT2D eigenvalue weighted by Gasteiger charge is 2.27. The molecule has 1 fully saturated rings. The predicted octanol–water partition coefficient (Wildman–Crippen LogP) is 4.28. The molecule has 1 atom stereocenters. The quantitative estimate of drug-likeness (QED) is 0.396. The monoisotopic (exact) mass is 448 g/mol. The number of hydrogen-bond acceptors (Lipinski definition) is 6. The number of anilines is 1. The van der Waals surface area contributed by atoms with Crippen LogP contribution in [-0.4, -0.2) is 53.4 Å². The molecule has 3 aromatic rings. The Balaban J connectivity index is 1.64. The number of benzene rings is 1. The van der Waals surface area contributed by atoms with E-state index in [0.29, 0.717) is 22.2 Å². The maximum atomic E-state index is 11.2. The Morgan fingerprint density at radius 3 is 2.97 bits per heavy atom. The van der Waals surface area contributed by atoms with Gasteiger partial charge < -0.3 is 18.9 Å². The van der Waals surface area contributed by atoms with Gasteiger partial charge in [-0.1, -0.05) is 23.2 Å². The number of carbonyl (C=O) groups excluding carboxylic acids is 1. The van der Waals surface area contributed by atoms with Crippen LogP contribution in [0.25, 0.3) is 16.6 Å². The summed E-state index contributed by atoms with van der Waals surface area (Å²) in [6.45, 7) is 1.34. The lowest BCUT2D eigenvalue weighted by molar-refractivity contribution is -0.145. The largest absolute Gasteiger partial charge is 0.467 e. The van der Waals surface area contributed by atoms with Gasteiger partial charge in [-0.2, -0.15) is 0 Å². The molecule has 0 amide bonds. The molecule has 0 bridgehead atoms. The van der Waals surface area contributed by atoms with Crippen LogP contribution in [0.5, 0.6) is 0 Å². The van der Waals surface area contributed by atoms with Crippen molar-refractivity contribution in [1.29, 1.82) is 0 Å². The molecule has 30 heavy (non-hydrogen) atoms. The number of rotatable bonds is 7. The molecule has 0 N–H and O–H groups in total. The van der Waals surface area contributed by atoms with Gasteiger partial charge in [0.1, 0.15) is 12.4 Å². The van der Waals surface area contributed by atoms with Gasteiger partial charge in [0.15, 0.2) is 0 Å². The molecule has 2 aromatic heterocycles. The summed E-state index contributed by atoms with van der Waals surface area (Å²) in [6.07, 6.45) is 8.27. The highest BCUT2D eigenvalue weighted by Crippen LogP contribution is 2.36. The molecule has 1 aromatic carbocycles. The Morgan fingerprint density at radius 2 is 2.20 bits per heavy atom. The number of imidazole rings is 1. The van der Waals surface area contributed by atoms with Crippen molar-refractivity contribution in [3.8, 4) is 5.69 Å².